The smallest absolute Gasteiger partial charge is 0.393 e. The van der Waals surface area contributed by atoms with Crippen LogP contribution in [0.1, 0.15) is 11.1 Å². The van der Waals surface area contributed by atoms with E-state index in [0.717, 1.165) is 36.7 Å². The number of alkyl halides is 6. The zero-order valence-electron chi connectivity index (χ0n) is 14.7. The molecule has 0 aliphatic heterocycles. The summed E-state index contributed by atoms with van der Waals surface area (Å²) in [7, 11) is 0. The van der Waals surface area contributed by atoms with Gasteiger partial charge in [-0.3, -0.25) is 0 Å². The van der Waals surface area contributed by atoms with Gasteiger partial charge >= 0.3 is 12.4 Å². The highest BCUT2D eigenvalue weighted by Crippen LogP contribution is 2.37. The Morgan fingerprint density at radius 1 is 0.800 bits per heavy atom. The molecule has 2 aromatic carbocycles. The van der Waals surface area contributed by atoms with E-state index in [1.165, 1.54) is 12.1 Å². The first-order chi connectivity index (χ1) is 13.9. The van der Waals surface area contributed by atoms with Gasteiger partial charge in [-0.1, -0.05) is 17.7 Å². The topological polar surface area (TPSA) is 75.9 Å². The lowest BCUT2D eigenvalue weighted by Gasteiger charge is -2.15. The Labute approximate surface area is 170 Å². The van der Waals surface area contributed by atoms with Crippen LogP contribution in [0.2, 0.25) is 5.02 Å². The number of nitrogens with two attached hydrogens (primary N) is 1. The average Bonchev–Trinajstić information content (AvgIpc) is 2.65. The Balaban J connectivity index is 1.90. The summed E-state index contributed by atoms with van der Waals surface area (Å²) >= 11 is 5.94. The molecule has 0 bridgehead atoms. The van der Waals surface area contributed by atoms with E-state index in [4.69, 9.17) is 17.3 Å². The number of nitrogens with zero attached hydrogens (tertiary/aromatic N) is 2. The molecule has 3 aromatic rings. The number of nitrogens with one attached hydrogen (secondary N) is 2. The van der Waals surface area contributed by atoms with Gasteiger partial charge in [0.15, 0.2) is 11.6 Å². The monoisotopic (exact) mass is 447 g/mol. The third-order valence-electron chi connectivity index (χ3n) is 3.88. The molecule has 0 spiro atoms. The van der Waals surface area contributed by atoms with Crippen molar-refractivity contribution in [1.29, 1.82) is 0 Å². The van der Waals surface area contributed by atoms with Crippen molar-refractivity contribution in [2.45, 2.75) is 12.4 Å². The standard InChI is InChI=1S/C18H12ClF6N5/c19-12-5-4-10(18(23,24)25)7-13(12)30-16-14(26)15(27-8-28-16)29-11-3-1-2-9(6-11)17(20,21)22/h1-8H,26H2,(H2,27,28,29,30). The molecule has 0 fully saturated rings. The molecule has 0 aliphatic carbocycles. The predicted molar refractivity (Wildman–Crippen MR) is 101 cm³/mol. The first kappa shape index (κ1) is 21.5. The van der Waals surface area contributed by atoms with Crippen molar-refractivity contribution in [1.82, 2.24) is 9.97 Å². The van der Waals surface area contributed by atoms with Crippen LogP contribution in [-0.2, 0) is 12.4 Å². The number of rotatable bonds is 4. The van der Waals surface area contributed by atoms with Crippen molar-refractivity contribution < 1.29 is 26.3 Å². The highest BCUT2D eigenvalue weighted by atomic mass is 35.5. The summed E-state index contributed by atoms with van der Waals surface area (Å²) in [6.45, 7) is 0. The number of nitrogen functional groups attached to an aromatic ring is 1. The van der Waals surface area contributed by atoms with Gasteiger partial charge in [-0.05, 0) is 36.4 Å². The van der Waals surface area contributed by atoms with Crippen molar-refractivity contribution in [3.8, 4) is 0 Å². The fraction of sp³-hybridized carbons (Fsp3) is 0.111. The van der Waals surface area contributed by atoms with Crippen LogP contribution in [0.25, 0.3) is 0 Å². The van der Waals surface area contributed by atoms with E-state index in [-0.39, 0.29) is 33.7 Å². The van der Waals surface area contributed by atoms with Crippen molar-refractivity contribution in [2.24, 2.45) is 0 Å². The van der Waals surface area contributed by atoms with E-state index in [2.05, 4.69) is 20.6 Å². The molecule has 0 atom stereocenters. The number of aromatic nitrogens is 2. The summed E-state index contributed by atoms with van der Waals surface area (Å²) < 4.78 is 77.4. The average molecular weight is 448 g/mol. The molecule has 30 heavy (non-hydrogen) atoms. The minimum absolute atomic E-state index is 0.0200. The summed E-state index contributed by atoms with van der Waals surface area (Å²) in [5.41, 5.74) is 3.93. The molecule has 4 N–H and O–H groups in total. The van der Waals surface area contributed by atoms with E-state index in [0.29, 0.717) is 0 Å². The summed E-state index contributed by atoms with van der Waals surface area (Å²) in [6, 6.07) is 6.99. The molecule has 1 heterocycles. The second kappa shape index (κ2) is 7.90. The molecule has 0 saturated heterocycles. The molecule has 5 nitrogen and oxygen atoms in total. The minimum atomic E-state index is -4.59. The van der Waals surface area contributed by atoms with Crippen LogP contribution in [0.3, 0.4) is 0 Å². The highest BCUT2D eigenvalue weighted by Gasteiger charge is 2.31. The van der Waals surface area contributed by atoms with E-state index < -0.39 is 23.5 Å². The normalized spacial score (nSPS) is 12.0. The Bertz CT molecular complexity index is 1070. The molecule has 0 amide bonds. The number of anilines is 5. The summed E-state index contributed by atoms with van der Waals surface area (Å²) in [5.74, 6) is -0.129. The molecule has 3 rings (SSSR count). The summed E-state index contributed by atoms with van der Waals surface area (Å²) in [5, 5.41) is 5.20. The molecule has 158 valence electrons. The van der Waals surface area contributed by atoms with Gasteiger partial charge in [-0.25, -0.2) is 9.97 Å². The highest BCUT2D eigenvalue weighted by molar-refractivity contribution is 6.33. The maximum atomic E-state index is 12.9. The van der Waals surface area contributed by atoms with Crippen LogP contribution in [0.5, 0.6) is 0 Å². The number of hydrogen-bond acceptors (Lipinski definition) is 5. The van der Waals surface area contributed by atoms with Gasteiger partial charge in [-0.15, -0.1) is 0 Å². The van der Waals surface area contributed by atoms with Crippen LogP contribution in [0.4, 0.5) is 55.0 Å². The zero-order chi connectivity index (χ0) is 22.1. The Morgan fingerprint density at radius 2 is 1.40 bits per heavy atom. The molecule has 0 radical (unpaired) electrons. The lowest BCUT2D eigenvalue weighted by Crippen LogP contribution is -2.08. The van der Waals surface area contributed by atoms with Crippen molar-refractivity contribution in [3.05, 3.63) is 64.9 Å². The number of halogens is 7. The lowest BCUT2D eigenvalue weighted by molar-refractivity contribution is -0.138. The largest absolute Gasteiger partial charge is 0.416 e. The second-order valence-corrected chi connectivity index (χ2v) is 6.41. The van der Waals surface area contributed by atoms with Crippen LogP contribution in [0.15, 0.2) is 48.8 Å². The first-order valence-corrected chi connectivity index (χ1v) is 8.51. The zero-order valence-corrected chi connectivity index (χ0v) is 15.5. The fourth-order valence-corrected chi connectivity index (χ4v) is 2.59. The molecular weight excluding hydrogens is 436 g/mol. The predicted octanol–water partition coefficient (Wildman–Crippen LogP) is 6.24. The van der Waals surface area contributed by atoms with E-state index in [1.54, 1.807) is 0 Å². The van der Waals surface area contributed by atoms with Crippen molar-refractivity contribution in [2.75, 3.05) is 16.4 Å². The van der Waals surface area contributed by atoms with E-state index in [9.17, 15) is 26.3 Å². The van der Waals surface area contributed by atoms with Gasteiger partial charge in [-0.2, -0.15) is 26.3 Å². The van der Waals surface area contributed by atoms with Crippen LogP contribution in [0, 0.1) is 0 Å². The third kappa shape index (κ3) is 4.85. The second-order valence-electron chi connectivity index (χ2n) is 6.01. The minimum Gasteiger partial charge on any atom is -0.393 e. The van der Waals surface area contributed by atoms with E-state index >= 15 is 0 Å². The van der Waals surface area contributed by atoms with Crippen LogP contribution in [-0.4, -0.2) is 9.97 Å². The van der Waals surface area contributed by atoms with Crippen LogP contribution >= 0.6 is 11.6 Å². The molecule has 0 saturated carbocycles. The van der Waals surface area contributed by atoms with Gasteiger partial charge in [0.05, 0.1) is 21.8 Å². The molecule has 12 heteroatoms. The maximum Gasteiger partial charge on any atom is 0.416 e. The number of hydrogen-bond donors (Lipinski definition) is 3. The molecule has 0 unspecified atom stereocenters. The van der Waals surface area contributed by atoms with Gasteiger partial charge in [0.2, 0.25) is 0 Å². The number of benzene rings is 2. The SMILES string of the molecule is Nc1c(Nc2cccc(C(F)(F)F)c2)ncnc1Nc1cc(C(F)(F)F)ccc1Cl. The lowest BCUT2D eigenvalue weighted by atomic mass is 10.2. The quantitative estimate of drug-likeness (QED) is 0.413. The fourth-order valence-electron chi connectivity index (χ4n) is 2.43. The van der Waals surface area contributed by atoms with Gasteiger partial charge in [0, 0.05) is 5.69 Å². The Morgan fingerprint density at radius 3 is 2.03 bits per heavy atom. The molecule has 0 aliphatic rings. The Kier molecular flexibility index (Phi) is 5.66. The molecule has 1 aromatic heterocycles. The van der Waals surface area contributed by atoms with Crippen molar-refractivity contribution in [3.63, 3.8) is 0 Å². The molecular formula is C18H12ClF6N5. The van der Waals surface area contributed by atoms with Gasteiger partial charge in [0.1, 0.15) is 12.0 Å². The van der Waals surface area contributed by atoms with E-state index in [1.807, 2.05) is 0 Å². The summed E-state index contributed by atoms with van der Waals surface area (Å²) in [6.07, 6.45) is -8.09. The maximum absolute atomic E-state index is 12.9. The van der Waals surface area contributed by atoms with Crippen LogP contribution < -0.4 is 16.4 Å². The van der Waals surface area contributed by atoms with Gasteiger partial charge < -0.3 is 16.4 Å². The third-order valence-corrected chi connectivity index (χ3v) is 4.21. The first-order valence-electron chi connectivity index (χ1n) is 8.13. The Hall–Kier alpha value is -3.21. The summed E-state index contributed by atoms with van der Waals surface area (Å²) in [4.78, 5) is 7.72. The van der Waals surface area contributed by atoms with Gasteiger partial charge in [0.25, 0.3) is 0 Å². The van der Waals surface area contributed by atoms with Crippen molar-refractivity contribution >= 4 is 40.3 Å².